The van der Waals surface area contributed by atoms with Gasteiger partial charge >= 0.3 is 0 Å². The van der Waals surface area contributed by atoms with Crippen LogP contribution in [0.15, 0.2) is 11.4 Å². The van der Waals surface area contributed by atoms with E-state index in [1.54, 1.807) is 11.3 Å². The van der Waals surface area contributed by atoms with Gasteiger partial charge in [0.05, 0.1) is 6.10 Å². The number of aryl methyl sites for hydroxylation is 1. The summed E-state index contributed by atoms with van der Waals surface area (Å²) >= 11 is 1.72. The lowest BCUT2D eigenvalue weighted by molar-refractivity contribution is -0.127. The third kappa shape index (κ3) is 1.62. The predicted octanol–water partition coefficient (Wildman–Crippen LogP) is 2.87. The van der Waals surface area contributed by atoms with E-state index in [4.69, 9.17) is 4.74 Å². The molecule has 1 saturated heterocycles. The summed E-state index contributed by atoms with van der Waals surface area (Å²) in [6.45, 7) is 3.95. The Bertz CT molecular complexity index is 345. The Morgan fingerprint density at radius 1 is 1.71 bits per heavy atom. The fourth-order valence-corrected chi connectivity index (χ4v) is 2.84. The number of aldehydes is 1. The minimum absolute atomic E-state index is 0.130. The Kier molecular flexibility index (Phi) is 2.45. The highest BCUT2D eigenvalue weighted by molar-refractivity contribution is 7.10. The highest BCUT2D eigenvalue weighted by Gasteiger charge is 2.37. The average Bonchev–Trinajstić information content (AvgIpc) is 2.73. The van der Waals surface area contributed by atoms with E-state index in [2.05, 4.69) is 18.4 Å². The van der Waals surface area contributed by atoms with Gasteiger partial charge in [-0.25, -0.2) is 0 Å². The Balaban J connectivity index is 2.17. The SMILES string of the molecule is Cc1ccsc1C1CCC(C)(C=O)O1. The van der Waals surface area contributed by atoms with Crippen molar-refractivity contribution in [3.05, 3.63) is 21.9 Å². The fraction of sp³-hybridized carbons (Fsp3) is 0.545. The monoisotopic (exact) mass is 210 g/mol. The van der Waals surface area contributed by atoms with E-state index in [9.17, 15) is 4.79 Å². The van der Waals surface area contributed by atoms with Crippen molar-refractivity contribution in [3.8, 4) is 0 Å². The van der Waals surface area contributed by atoms with Gasteiger partial charge in [-0.3, -0.25) is 0 Å². The molecular formula is C11H14O2S. The first-order valence-corrected chi connectivity index (χ1v) is 5.71. The second-order valence-electron chi connectivity index (χ2n) is 4.04. The normalized spacial score (nSPS) is 32.0. The molecule has 2 atom stereocenters. The van der Waals surface area contributed by atoms with Crippen molar-refractivity contribution < 1.29 is 9.53 Å². The minimum atomic E-state index is -0.554. The van der Waals surface area contributed by atoms with Gasteiger partial charge in [0.2, 0.25) is 0 Å². The largest absolute Gasteiger partial charge is 0.359 e. The molecule has 3 heteroatoms. The van der Waals surface area contributed by atoms with E-state index in [-0.39, 0.29) is 6.10 Å². The van der Waals surface area contributed by atoms with Crippen LogP contribution in [0.2, 0.25) is 0 Å². The van der Waals surface area contributed by atoms with Crippen LogP contribution in [0.5, 0.6) is 0 Å². The first-order chi connectivity index (χ1) is 6.64. The number of hydrogen-bond acceptors (Lipinski definition) is 3. The first kappa shape index (κ1) is 9.87. The van der Waals surface area contributed by atoms with E-state index in [1.165, 1.54) is 10.4 Å². The zero-order valence-electron chi connectivity index (χ0n) is 8.45. The zero-order chi connectivity index (χ0) is 10.2. The average molecular weight is 210 g/mol. The molecule has 2 rings (SSSR count). The van der Waals surface area contributed by atoms with Crippen LogP contribution >= 0.6 is 11.3 Å². The van der Waals surface area contributed by atoms with Crippen molar-refractivity contribution in [2.45, 2.75) is 38.4 Å². The quantitative estimate of drug-likeness (QED) is 0.702. The summed E-state index contributed by atoms with van der Waals surface area (Å²) in [7, 11) is 0. The molecule has 0 amide bonds. The molecule has 1 aromatic heterocycles. The maximum atomic E-state index is 10.8. The zero-order valence-corrected chi connectivity index (χ0v) is 9.26. The standard InChI is InChI=1S/C11H14O2S/c1-8-4-6-14-10(8)9-3-5-11(2,7-12)13-9/h4,6-7,9H,3,5H2,1-2H3. The molecule has 0 N–H and O–H groups in total. The van der Waals surface area contributed by atoms with Gasteiger partial charge in [-0.15, -0.1) is 11.3 Å². The molecule has 14 heavy (non-hydrogen) atoms. The molecule has 0 saturated carbocycles. The molecule has 1 aromatic rings. The summed E-state index contributed by atoms with van der Waals surface area (Å²) < 4.78 is 5.77. The fourth-order valence-electron chi connectivity index (χ4n) is 1.85. The number of carbonyl (C=O) groups excluding carboxylic acids is 1. The number of ether oxygens (including phenoxy) is 1. The van der Waals surface area contributed by atoms with Gasteiger partial charge in [-0.05, 0) is 43.7 Å². The minimum Gasteiger partial charge on any atom is -0.359 e. The van der Waals surface area contributed by atoms with Crippen molar-refractivity contribution in [1.82, 2.24) is 0 Å². The molecule has 1 aliphatic heterocycles. The van der Waals surface area contributed by atoms with Crippen molar-refractivity contribution in [2.24, 2.45) is 0 Å². The Hall–Kier alpha value is -0.670. The maximum absolute atomic E-state index is 10.8. The summed E-state index contributed by atoms with van der Waals surface area (Å²) in [5.41, 5.74) is 0.719. The summed E-state index contributed by atoms with van der Waals surface area (Å²) in [6, 6.07) is 2.10. The Labute approximate surface area is 87.9 Å². The highest BCUT2D eigenvalue weighted by atomic mass is 32.1. The van der Waals surface area contributed by atoms with E-state index < -0.39 is 5.60 Å². The van der Waals surface area contributed by atoms with Gasteiger partial charge in [0, 0.05) is 4.88 Å². The molecule has 1 fully saturated rings. The van der Waals surface area contributed by atoms with Crippen LogP contribution < -0.4 is 0 Å². The summed E-state index contributed by atoms with van der Waals surface area (Å²) in [5, 5.41) is 2.07. The number of rotatable bonds is 2. The number of thiophene rings is 1. The van der Waals surface area contributed by atoms with Crippen LogP contribution in [0.4, 0.5) is 0 Å². The van der Waals surface area contributed by atoms with Crippen molar-refractivity contribution >= 4 is 17.6 Å². The molecule has 0 radical (unpaired) electrons. The van der Waals surface area contributed by atoms with Crippen LogP contribution in [-0.2, 0) is 9.53 Å². The van der Waals surface area contributed by atoms with E-state index in [0.29, 0.717) is 0 Å². The lowest BCUT2D eigenvalue weighted by Gasteiger charge is -2.17. The lowest BCUT2D eigenvalue weighted by atomic mass is 10.0. The lowest BCUT2D eigenvalue weighted by Crippen LogP contribution is -2.24. The topological polar surface area (TPSA) is 26.3 Å². The molecule has 1 aliphatic rings. The Morgan fingerprint density at radius 3 is 3.00 bits per heavy atom. The van der Waals surface area contributed by atoms with Gasteiger partial charge in [0.15, 0.2) is 6.29 Å². The third-order valence-corrected chi connectivity index (χ3v) is 3.87. The summed E-state index contributed by atoms with van der Waals surface area (Å²) in [6.07, 6.45) is 2.84. The van der Waals surface area contributed by atoms with Crippen LogP contribution in [0.3, 0.4) is 0 Å². The molecule has 76 valence electrons. The van der Waals surface area contributed by atoms with E-state index >= 15 is 0 Å². The Morgan fingerprint density at radius 2 is 2.50 bits per heavy atom. The molecule has 2 heterocycles. The third-order valence-electron chi connectivity index (χ3n) is 2.76. The molecule has 0 aliphatic carbocycles. The number of hydrogen-bond donors (Lipinski definition) is 0. The number of carbonyl (C=O) groups is 1. The summed E-state index contributed by atoms with van der Waals surface area (Å²) in [4.78, 5) is 12.1. The van der Waals surface area contributed by atoms with Gasteiger partial charge < -0.3 is 9.53 Å². The van der Waals surface area contributed by atoms with E-state index in [0.717, 1.165) is 19.1 Å². The van der Waals surface area contributed by atoms with Crippen LogP contribution in [-0.4, -0.2) is 11.9 Å². The smallest absolute Gasteiger partial charge is 0.151 e. The van der Waals surface area contributed by atoms with Gasteiger partial charge in [0.25, 0.3) is 0 Å². The molecular weight excluding hydrogens is 196 g/mol. The summed E-state index contributed by atoms with van der Waals surface area (Å²) in [5.74, 6) is 0. The van der Waals surface area contributed by atoms with E-state index in [1.807, 2.05) is 6.92 Å². The van der Waals surface area contributed by atoms with Gasteiger partial charge in [0.1, 0.15) is 5.60 Å². The predicted molar refractivity (Wildman–Crippen MR) is 56.6 cm³/mol. The van der Waals surface area contributed by atoms with Crippen molar-refractivity contribution in [3.63, 3.8) is 0 Å². The van der Waals surface area contributed by atoms with Crippen LogP contribution in [0.25, 0.3) is 0 Å². The highest BCUT2D eigenvalue weighted by Crippen LogP contribution is 2.41. The van der Waals surface area contributed by atoms with Gasteiger partial charge in [-0.2, -0.15) is 0 Å². The van der Waals surface area contributed by atoms with Gasteiger partial charge in [-0.1, -0.05) is 0 Å². The van der Waals surface area contributed by atoms with Crippen molar-refractivity contribution in [2.75, 3.05) is 0 Å². The molecule has 2 unspecified atom stereocenters. The van der Waals surface area contributed by atoms with Crippen LogP contribution in [0.1, 0.15) is 36.3 Å². The maximum Gasteiger partial charge on any atom is 0.151 e. The second kappa shape index (κ2) is 3.48. The second-order valence-corrected chi connectivity index (χ2v) is 4.99. The van der Waals surface area contributed by atoms with Crippen molar-refractivity contribution in [1.29, 1.82) is 0 Å². The molecule has 0 bridgehead atoms. The first-order valence-electron chi connectivity index (χ1n) is 4.83. The molecule has 0 spiro atoms. The molecule has 0 aromatic carbocycles. The van der Waals surface area contributed by atoms with Crippen LogP contribution in [0, 0.1) is 6.92 Å². The molecule has 2 nitrogen and oxygen atoms in total.